The molecule has 2 rings (SSSR count). The van der Waals surface area contributed by atoms with E-state index in [4.69, 9.17) is 10.5 Å². The molecule has 0 fully saturated rings. The smallest absolute Gasteiger partial charge is 0.122 e. The van der Waals surface area contributed by atoms with Gasteiger partial charge in [0.1, 0.15) is 5.75 Å². The van der Waals surface area contributed by atoms with Gasteiger partial charge in [-0.1, -0.05) is 44.0 Å². The third kappa shape index (κ3) is 4.83. The highest BCUT2D eigenvalue weighted by Crippen LogP contribution is 2.26. The first-order valence-electron chi connectivity index (χ1n) is 6.89. The van der Waals surface area contributed by atoms with Gasteiger partial charge in [0, 0.05) is 8.95 Å². The van der Waals surface area contributed by atoms with Crippen LogP contribution in [0.5, 0.6) is 5.75 Å². The lowest BCUT2D eigenvalue weighted by atomic mass is 9.92. The second-order valence-electron chi connectivity index (χ2n) is 5.09. The molecule has 0 saturated heterocycles. The predicted octanol–water partition coefficient (Wildman–Crippen LogP) is 4.58. The average molecular weight is 413 g/mol. The summed E-state index contributed by atoms with van der Waals surface area (Å²) in [6, 6.07) is 14.5. The van der Waals surface area contributed by atoms with Crippen molar-refractivity contribution in [1.82, 2.24) is 0 Å². The quantitative estimate of drug-likeness (QED) is 0.753. The highest BCUT2D eigenvalue weighted by Gasteiger charge is 2.13. The van der Waals surface area contributed by atoms with E-state index in [0.717, 1.165) is 27.5 Å². The van der Waals surface area contributed by atoms with Crippen LogP contribution in [0.25, 0.3) is 0 Å². The zero-order valence-corrected chi connectivity index (χ0v) is 15.2. The van der Waals surface area contributed by atoms with E-state index < -0.39 is 0 Å². The molecule has 112 valence electrons. The van der Waals surface area contributed by atoms with Gasteiger partial charge in [0.15, 0.2) is 0 Å². The molecule has 0 aliphatic carbocycles. The summed E-state index contributed by atoms with van der Waals surface area (Å²) >= 11 is 6.98. The number of hydrogen-bond acceptors (Lipinski definition) is 2. The van der Waals surface area contributed by atoms with Crippen LogP contribution < -0.4 is 10.5 Å². The van der Waals surface area contributed by atoms with E-state index >= 15 is 0 Å². The van der Waals surface area contributed by atoms with Crippen LogP contribution in [-0.2, 0) is 12.8 Å². The summed E-state index contributed by atoms with van der Waals surface area (Å²) in [6.07, 6.45) is 1.88. The van der Waals surface area contributed by atoms with Crippen LogP contribution in [0.4, 0.5) is 0 Å². The minimum absolute atomic E-state index is 0.398. The second kappa shape index (κ2) is 7.97. The van der Waals surface area contributed by atoms with Crippen molar-refractivity contribution in [2.45, 2.75) is 12.8 Å². The van der Waals surface area contributed by atoms with Gasteiger partial charge in [-0.25, -0.2) is 0 Å². The van der Waals surface area contributed by atoms with Crippen molar-refractivity contribution < 1.29 is 4.74 Å². The lowest BCUT2D eigenvalue weighted by molar-refractivity contribution is 0.403. The van der Waals surface area contributed by atoms with E-state index in [-0.39, 0.29) is 0 Å². The molecule has 0 aromatic heterocycles. The number of ether oxygens (including phenoxy) is 1. The van der Waals surface area contributed by atoms with E-state index in [9.17, 15) is 0 Å². The first kappa shape index (κ1) is 16.5. The van der Waals surface area contributed by atoms with Crippen LogP contribution in [0.2, 0.25) is 0 Å². The van der Waals surface area contributed by atoms with Gasteiger partial charge in [-0.15, -0.1) is 0 Å². The van der Waals surface area contributed by atoms with E-state index in [1.165, 1.54) is 11.1 Å². The Bertz CT molecular complexity index is 584. The molecule has 1 atom stereocenters. The van der Waals surface area contributed by atoms with E-state index in [0.29, 0.717) is 12.5 Å². The van der Waals surface area contributed by atoms with Gasteiger partial charge in [0.05, 0.1) is 7.11 Å². The number of rotatable bonds is 6. The van der Waals surface area contributed by atoms with Gasteiger partial charge >= 0.3 is 0 Å². The molecule has 0 heterocycles. The fourth-order valence-electron chi connectivity index (χ4n) is 2.41. The third-order valence-corrected chi connectivity index (χ3v) is 4.54. The van der Waals surface area contributed by atoms with Gasteiger partial charge in [0.2, 0.25) is 0 Å². The molecule has 0 bridgehead atoms. The summed E-state index contributed by atoms with van der Waals surface area (Å²) in [5, 5.41) is 0. The van der Waals surface area contributed by atoms with Crippen molar-refractivity contribution in [3.63, 3.8) is 0 Å². The number of hydrogen-bond donors (Lipinski definition) is 1. The Labute approximate surface area is 143 Å². The number of benzene rings is 2. The Morgan fingerprint density at radius 2 is 1.67 bits per heavy atom. The predicted molar refractivity (Wildman–Crippen MR) is 94.8 cm³/mol. The summed E-state index contributed by atoms with van der Waals surface area (Å²) in [7, 11) is 1.71. The second-order valence-corrected chi connectivity index (χ2v) is 6.92. The van der Waals surface area contributed by atoms with Gasteiger partial charge in [-0.05, 0) is 66.8 Å². The molecule has 0 aliphatic rings. The highest BCUT2D eigenvalue weighted by atomic mass is 79.9. The zero-order chi connectivity index (χ0) is 15.2. The molecule has 0 aliphatic heterocycles. The SMILES string of the molecule is COc1ccc(Br)cc1CC(CN)Cc1ccc(Br)cc1. The molecule has 1 unspecified atom stereocenters. The maximum Gasteiger partial charge on any atom is 0.122 e. The molecule has 2 aromatic carbocycles. The monoisotopic (exact) mass is 411 g/mol. The van der Waals surface area contributed by atoms with Gasteiger partial charge in [0.25, 0.3) is 0 Å². The Hall–Kier alpha value is -0.840. The van der Waals surface area contributed by atoms with Crippen LogP contribution >= 0.6 is 31.9 Å². The first-order valence-corrected chi connectivity index (χ1v) is 8.48. The topological polar surface area (TPSA) is 35.2 Å². The molecule has 0 saturated carbocycles. The number of nitrogens with two attached hydrogens (primary N) is 1. The average Bonchev–Trinajstić information content (AvgIpc) is 2.49. The largest absolute Gasteiger partial charge is 0.496 e. The maximum absolute atomic E-state index is 5.97. The highest BCUT2D eigenvalue weighted by molar-refractivity contribution is 9.10. The Morgan fingerprint density at radius 1 is 1.00 bits per heavy atom. The van der Waals surface area contributed by atoms with Crippen LogP contribution in [0.3, 0.4) is 0 Å². The fraction of sp³-hybridized carbons (Fsp3) is 0.294. The molecule has 0 amide bonds. The van der Waals surface area contributed by atoms with E-state index in [1.54, 1.807) is 7.11 Å². The van der Waals surface area contributed by atoms with Crippen LogP contribution in [0, 0.1) is 5.92 Å². The van der Waals surface area contributed by atoms with Crippen LogP contribution in [0.15, 0.2) is 51.4 Å². The molecule has 2 N–H and O–H groups in total. The van der Waals surface area contributed by atoms with Gasteiger partial charge in [-0.2, -0.15) is 0 Å². The molecule has 2 nitrogen and oxygen atoms in total. The lowest BCUT2D eigenvalue weighted by Crippen LogP contribution is -2.19. The number of halogens is 2. The van der Waals surface area contributed by atoms with Crippen molar-refractivity contribution in [1.29, 1.82) is 0 Å². The minimum Gasteiger partial charge on any atom is -0.496 e. The molecule has 0 spiro atoms. The molecule has 4 heteroatoms. The molecular formula is C17H19Br2NO. The molecular weight excluding hydrogens is 394 g/mol. The lowest BCUT2D eigenvalue weighted by Gasteiger charge is -2.17. The van der Waals surface area contributed by atoms with E-state index in [2.05, 4.69) is 62.2 Å². The fourth-order valence-corrected chi connectivity index (χ4v) is 3.08. The Kier molecular flexibility index (Phi) is 6.27. The Morgan fingerprint density at radius 3 is 2.29 bits per heavy atom. The summed E-state index contributed by atoms with van der Waals surface area (Å²) in [5.41, 5.74) is 8.47. The summed E-state index contributed by atoms with van der Waals surface area (Å²) < 4.78 is 7.61. The zero-order valence-electron chi connectivity index (χ0n) is 12.0. The van der Waals surface area contributed by atoms with Crippen LogP contribution in [-0.4, -0.2) is 13.7 Å². The van der Waals surface area contributed by atoms with Gasteiger partial charge < -0.3 is 10.5 Å². The summed E-state index contributed by atoms with van der Waals surface area (Å²) in [4.78, 5) is 0. The first-order chi connectivity index (χ1) is 10.1. The van der Waals surface area contributed by atoms with Gasteiger partial charge in [-0.3, -0.25) is 0 Å². The number of methoxy groups -OCH3 is 1. The Balaban J connectivity index is 2.11. The summed E-state index contributed by atoms with van der Waals surface area (Å²) in [6.45, 7) is 0.658. The standard InChI is InChI=1S/C17H19Br2NO/c1-21-17-7-6-16(19)10-14(17)9-13(11-20)8-12-2-4-15(18)5-3-12/h2-7,10,13H,8-9,11,20H2,1H3. The van der Waals surface area contributed by atoms with Crippen molar-refractivity contribution in [2.75, 3.05) is 13.7 Å². The third-order valence-electron chi connectivity index (χ3n) is 3.52. The van der Waals surface area contributed by atoms with Crippen molar-refractivity contribution >= 4 is 31.9 Å². The minimum atomic E-state index is 0.398. The van der Waals surface area contributed by atoms with E-state index in [1.807, 2.05) is 12.1 Å². The van der Waals surface area contributed by atoms with Crippen molar-refractivity contribution in [3.8, 4) is 5.75 Å². The molecule has 2 aromatic rings. The van der Waals surface area contributed by atoms with Crippen molar-refractivity contribution in [2.24, 2.45) is 11.7 Å². The normalized spacial score (nSPS) is 12.2. The summed E-state index contributed by atoms with van der Waals surface area (Å²) in [5.74, 6) is 1.32. The maximum atomic E-state index is 5.97. The molecule has 21 heavy (non-hydrogen) atoms. The van der Waals surface area contributed by atoms with Crippen molar-refractivity contribution in [3.05, 3.63) is 62.5 Å². The molecule has 0 radical (unpaired) electrons. The van der Waals surface area contributed by atoms with Crippen LogP contribution in [0.1, 0.15) is 11.1 Å².